The lowest BCUT2D eigenvalue weighted by molar-refractivity contribution is 0.00974. The monoisotopic (exact) mass is 308 g/mol. The van der Waals surface area contributed by atoms with E-state index in [4.69, 9.17) is 9.16 Å². The Labute approximate surface area is 129 Å². The summed E-state index contributed by atoms with van der Waals surface area (Å²) in [6.45, 7) is 13.3. The van der Waals surface area contributed by atoms with Gasteiger partial charge in [-0.3, -0.25) is 0 Å². The molecule has 0 amide bonds. The Hall–Kier alpha value is -1.13. The topological polar surface area (TPSA) is 35.5 Å². The number of rotatable bonds is 7. The van der Waals surface area contributed by atoms with E-state index in [1.54, 1.807) is 12.1 Å². The largest absolute Gasteiger partial charge is 0.436 e. The van der Waals surface area contributed by atoms with Crippen molar-refractivity contribution >= 4 is 14.3 Å². The maximum atomic E-state index is 12.0. The van der Waals surface area contributed by atoms with E-state index < -0.39 is 8.32 Å². The number of hydrogen-bond acceptors (Lipinski definition) is 3. The van der Waals surface area contributed by atoms with Gasteiger partial charge in [-0.1, -0.05) is 59.7 Å². The molecule has 1 rings (SSSR count). The third-order valence-electron chi connectivity index (χ3n) is 4.22. The second kappa shape index (κ2) is 7.76. The Bertz CT molecular complexity index is 419. The molecule has 0 aromatic heterocycles. The van der Waals surface area contributed by atoms with Gasteiger partial charge in [0.2, 0.25) is 8.32 Å². The Balaban J connectivity index is 2.69. The fourth-order valence-electron chi connectivity index (χ4n) is 3.34. The predicted molar refractivity (Wildman–Crippen MR) is 88.9 cm³/mol. The van der Waals surface area contributed by atoms with Crippen LogP contribution in [0.2, 0.25) is 16.6 Å². The molecule has 0 heterocycles. The quantitative estimate of drug-likeness (QED) is 0.404. The summed E-state index contributed by atoms with van der Waals surface area (Å²) in [5.74, 6) is -0.324. The number of hydrogen-bond donors (Lipinski definition) is 0. The Kier molecular flexibility index (Phi) is 6.62. The zero-order valence-electron chi connectivity index (χ0n) is 14.1. The summed E-state index contributed by atoms with van der Waals surface area (Å²) in [6, 6.07) is 9.03. The normalized spacial score (nSPS) is 12.2. The Morgan fingerprint density at radius 3 is 1.86 bits per heavy atom. The fourth-order valence-corrected chi connectivity index (χ4v) is 8.61. The van der Waals surface area contributed by atoms with Crippen molar-refractivity contribution in [2.24, 2.45) is 0 Å². The molecule has 0 unspecified atom stereocenters. The van der Waals surface area contributed by atoms with Gasteiger partial charge in [-0.05, 0) is 28.8 Å². The molecule has 0 radical (unpaired) electrons. The highest BCUT2D eigenvalue weighted by atomic mass is 28.4. The summed E-state index contributed by atoms with van der Waals surface area (Å²) in [5.41, 5.74) is 2.00. The van der Waals surface area contributed by atoms with Crippen molar-refractivity contribution in [3.05, 3.63) is 35.9 Å². The summed E-state index contributed by atoms with van der Waals surface area (Å²) < 4.78 is 11.5. The zero-order chi connectivity index (χ0) is 16.0. The van der Waals surface area contributed by atoms with Crippen LogP contribution in [0, 0.1) is 0 Å². The second-order valence-corrected chi connectivity index (χ2v) is 11.8. The average molecular weight is 308 g/mol. The molecule has 0 atom stereocenters. The molecule has 118 valence electrons. The number of ether oxygens (including phenoxy) is 1. The second-order valence-electron chi connectivity index (χ2n) is 6.38. The molecule has 1 aromatic rings. The van der Waals surface area contributed by atoms with Crippen molar-refractivity contribution in [1.82, 2.24) is 0 Å². The average Bonchev–Trinajstić information content (AvgIpc) is 2.43. The highest BCUT2D eigenvalue weighted by molar-refractivity contribution is 6.77. The molecule has 21 heavy (non-hydrogen) atoms. The molecule has 0 saturated heterocycles. The third-order valence-corrected chi connectivity index (χ3v) is 10.2. The van der Waals surface area contributed by atoms with Crippen LogP contribution in [-0.4, -0.2) is 21.1 Å². The molecule has 0 aliphatic rings. The smallest absolute Gasteiger partial charge is 0.340 e. The van der Waals surface area contributed by atoms with Crippen molar-refractivity contribution in [3.8, 4) is 0 Å². The predicted octanol–water partition coefficient (Wildman–Crippen LogP) is 4.99. The van der Waals surface area contributed by atoms with Crippen molar-refractivity contribution in [2.75, 3.05) is 6.79 Å². The van der Waals surface area contributed by atoms with Gasteiger partial charge in [0.15, 0.2) is 6.79 Å². The van der Waals surface area contributed by atoms with Gasteiger partial charge in [-0.15, -0.1) is 0 Å². The fraction of sp³-hybridized carbons (Fsp3) is 0.588. The van der Waals surface area contributed by atoms with E-state index in [1.807, 2.05) is 18.2 Å². The highest BCUT2D eigenvalue weighted by Gasteiger charge is 2.45. The minimum absolute atomic E-state index is 0.0501. The number of carbonyl (C=O) groups excluding carboxylic acids is 1. The SMILES string of the molecule is CC(C)[Si](OCOC(=O)c1ccccc1)(C(C)C)C(C)C. The molecular weight excluding hydrogens is 280 g/mol. The Morgan fingerprint density at radius 2 is 1.43 bits per heavy atom. The van der Waals surface area contributed by atoms with Gasteiger partial charge < -0.3 is 9.16 Å². The number of carbonyl (C=O) groups is 1. The first-order valence-corrected chi connectivity index (χ1v) is 9.82. The van der Waals surface area contributed by atoms with Crippen molar-refractivity contribution in [1.29, 1.82) is 0 Å². The molecular formula is C17H28O3Si. The van der Waals surface area contributed by atoms with Crippen molar-refractivity contribution in [2.45, 2.75) is 58.2 Å². The van der Waals surface area contributed by atoms with Gasteiger partial charge in [-0.2, -0.15) is 0 Å². The summed E-state index contributed by atoms with van der Waals surface area (Å²) in [4.78, 5) is 12.0. The minimum Gasteiger partial charge on any atom is -0.436 e. The van der Waals surface area contributed by atoms with Crippen LogP contribution in [0.4, 0.5) is 0 Å². The lowest BCUT2D eigenvalue weighted by atomic mass is 10.2. The van der Waals surface area contributed by atoms with E-state index >= 15 is 0 Å². The van der Waals surface area contributed by atoms with E-state index in [0.29, 0.717) is 22.2 Å². The number of benzene rings is 1. The molecule has 0 fully saturated rings. The molecule has 0 spiro atoms. The summed E-state index contributed by atoms with van der Waals surface area (Å²) in [6.07, 6.45) is 0. The van der Waals surface area contributed by atoms with Gasteiger partial charge in [0, 0.05) is 0 Å². The van der Waals surface area contributed by atoms with E-state index in [0.717, 1.165) is 0 Å². The molecule has 0 saturated carbocycles. The zero-order valence-corrected chi connectivity index (χ0v) is 15.1. The number of esters is 1. The van der Waals surface area contributed by atoms with Crippen LogP contribution < -0.4 is 0 Å². The van der Waals surface area contributed by atoms with Gasteiger partial charge in [0.05, 0.1) is 5.56 Å². The van der Waals surface area contributed by atoms with Crippen molar-refractivity contribution < 1.29 is 14.0 Å². The van der Waals surface area contributed by atoms with Crippen LogP contribution in [-0.2, 0) is 9.16 Å². The molecule has 1 aromatic carbocycles. The standard InChI is InChI=1S/C17H28O3Si/c1-13(2)21(14(3)4,15(5)6)20-12-19-17(18)16-10-8-7-9-11-16/h7-11,13-15H,12H2,1-6H3. The molecule has 0 aliphatic heterocycles. The van der Waals surface area contributed by atoms with E-state index in [1.165, 1.54) is 0 Å². The maximum absolute atomic E-state index is 12.0. The molecule has 0 aliphatic carbocycles. The van der Waals surface area contributed by atoms with Gasteiger partial charge in [0.1, 0.15) is 0 Å². The van der Waals surface area contributed by atoms with E-state index in [2.05, 4.69) is 41.5 Å². The highest BCUT2D eigenvalue weighted by Crippen LogP contribution is 2.42. The summed E-state index contributed by atoms with van der Waals surface area (Å²) in [7, 11) is -1.97. The molecule has 0 bridgehead atoms. The van der Waals surface area contributed by atoms with Gasteiger partial charge >= 0.3 is 5.97 Å². The molecule has 0 N–H and O–H groups in total. The first kappa shape index (κ1) is 17.9. The van der Waals surface area contributed by atoms with Crippen LogP contribution in [0.1, 0.15) is 51.9 Å². The lowest BCUT2D eigenvalue weighted by Gasteiger charge is -2.41. The first-order chi connectivity index (χ1) is 9.82. The van der Waals surface area contributed by atoms with Gasteiger partial charge in [0.25, 0.3) is 0 Å². The Morgan fingerprint density at radius 1 is 0.952 bits per heavy atom. The summed E-state index contributed by atoms with van der Waals surface area (Å²) in [5, 5.41) is 0. The van der Waals surface area contributed by atoms with Gasteiger partial charge in [-0.25, -0.2) is 4.79 Å². The van der Waals surface area contributed by atoms with Crippen LogP contribution in [0.3, 0.4) is 0 Å². The van der Waals surface area contributed by atoms with Crippen LogP contribution >= 0.6 is 0 Å². The van der Waals surface area contributed by atoms with Crippen LogP contribution in [0.5, 0.6) is 0 Å². The molecule has 4 heteroatoms. The third kappa shape index (κ3) is 4.17. The van der Waals surface area contributed by atoms with Crippen LogP contribution in [0.25, 0.3) is 0 Å². The van der Waals surface area contributed by atoms with Crippen LogP contribution in [0.15, 0.2) is 30.3 Å². The first-order valence-electron chi connectivity index (χ1n) is 7.68. The minimum atomic E-state index is -1.97. The summed E-state index contributed by atoms with van der Waals surface area (Å²) >= 11 is 0. The lowest BCUT2D eigenvalue weighted by Crippen LogP contribution is -2.48. The maximum Gasteiger partial charge on any atom is 0.340 e. The van der Waals surface area contributed by atoms with E-state index in [9.17, 15) is 4.79 Å². The van der Waals surface area contributed by atoms with Crippen molar-refractivity contribution in [3.63, 3.8) is 0 Å². The van der Waals surface area contributed by atoms with E-state index in [-0.39, 0.29) is 12.8 Å². The molecule has 3 nitrogen and oxygen atoms in total.